The molecule has 1 aromatic heterocycles. The van der Waals surface area contributed by atoms with Gasteiger partial charge >= 0.3 is 5.69 Å². The summed E-state index contributed by atoms with van der Waals surface area (Å²) < 4.78 is 10.7. The van der Waals surface area contributed by atoms with Crippen LogP contribution in [0, 0.1) is 10.1 Å². The van der Waals surface area contributed by atoms with E-state index in [9.17, 15) is 15.2 Å². The second-order valence-corrected chi connectivity index (χ2v) is 5.36. The Morgan fingerprint density at radius 3 is 2.67 bits per heavy atom. The van der Waals surface area contributed by atoms with Crippen LogP contribution < -0.4 is 14.4 Å². The van der Waals surface area contributed by atoms with E-state index >= 15 is 0 Å². The van der Waals surface area contributed by atoms with Gasteiger partial charge < -0.3 is 19.5 Å². The first-order valence-electron chi connectivity index (χ1n) is 7.33. The lowest BCUT2D eigenvalue weighted by molar-refractivity contribution is -0.384. The van der Waals surface area contributed by atoms with Gasteiger partial charge in [0.1, 0.15) is 17.6 Å². The number of aliphatic hydroxyl groups excluding tert-OH is 1. The Morgan fingerprint density at radius 1 is 1.29 bits per heavy atom. The number of hydrogen-bond acceptors (Lipinski definition) is 7. The quantitative estimate of drug-likeness (QED) is 0.676. The minimum absolute atomic E-state index is 0.102. The molecule has 0 unspecified atom stereocenters. The molecule has 3 rings (SSSR count). The summed E-state index contributed by atoms with van der Waals surface area (Å²) in [5.41, 5.74) is 1.28. The van der Waals surface area contributed by atoms with Crippen molar-refractivity contribution in [2.75, 3.05) is 25.7 Å². The van der Waals surface area contributed by atoms with Crippen molar-refractivity contribution in [2.24, 2.45) is 0 Å². The molecule has 1 N–H and O–H groups in total. The van der Waals surface area contributed by atoms with Gasteiger partial charge in [0.05, 0.1) is 25.7 Å². The van der Waals surface area contributed by atoms with E-state index in [-0.39, 0.29) is 18.1 Å². The van der Waals surface area contributed by atoms with E-state index in [4.69, 9.17) is 9.47 Å². The second kappa shape index (κ2) is 6.32. The minimum Gasteiger partial charge on any atom is -0.496 e. The van der Waals surface area contributed by atoms with Crippen LogP contribution in [-0.4, -0.2) is 35.8 Å². The fourth-order valence-electron chi connectivity index (χ4n) is 3.01. The summed E-state index contributed by atoms with van der Waals surface area (Å²) in [5.74, 6) is 1.37. The third kappa shape index (κ3) is 2.61. The molecule has 0 radical (unpaired) electrons. The van der Waals surface area contributed by atoms with Crippen LogP contribution >= 0.6 is 0 Å². The van der Waals surface area contributed by atoms with Gasteiger partial charge in [-0.3, -0.25) is 10.1 Å². The van der Waals surface area contributed by atoms with Crippen molar-refractivity contribution in [1.82, 2.24) is 4.98 Å². The van der Waals surface area contributed by atoms with Crippen LogP contribution in [0.5, 0.6) is 11.5 Å². The van der Waals surface area contributed by atoms with Gasteiger partial charge in [-0.05, 0) is 18.2 Å². The Morgan fingerprint density at radius 2 is 2.00 bits per heavy atom. The van der Waals surface area contributed by atoms with Crippen molar-refractivity contribution in [2.45, 2.75) is 12.6 Å². The molecule has 0 bridgehead atoms. The number of rotatable bonds is 4. The summed E-state index contributed by atoms with van der Waals surface area (Å²) in [4.78, 5) is 16.6. The monoisotopic (exact) mass is 331 g/mol. The molecule has 8 nitrogen and oxygen atoms in total. The molecule has 0 saturated heterocycles. The van der Waals surface area contributed by atoms with Gasteiger partial charge in [0.25, 0.3) is 0 Å². The van der Waals surface area contributed by atoms with Gasteiger partial charge in [-0.1, -0.05) is 0 Å². The molecule has 0 saturated carbocycles. The number of aromatic nitrogens is 1. The smallest absolute Gasteiger partial charge is 0.311 e. The van der Waals surface area contributed by atoms with E-state index in [0.717, 1.165) is 5.56 Å². The van der Waals surface area contributed by atoms with Crippen LogP contribution in [0.25, 0.3) is 0 Å². The van der Waals surface area contributed by atoms with Gasteiger partial charge in [-0.25, -0.2) is 4.98 Å². The van der Waals surface area contributed by atoms with Crippen molar-refractivity contribution in [1.29, 1.82) is 0 Å². The SMILES string of the molecule is COc1ccc(OC)c2c1CN(c1ncccc1[N+](=O)[O-])C[C@@H]2O. The van der Waals surface area contributed by atoms with E-state index < -0.39 is 11.0 Å². The van der Waals surface area contributed by atoms with Crippen molar-refractivity contribution in [3.63, 3.8) is 0 Å². The number of anilines is 1. The summed E-state index contributed by atoms with van der Waals surface area (Å²) >= 11 is 0. The number of hydrogen-bond donors (Lipinski definition) is 1. The van der Waals surface area contributed by atoms with Gasteiger partial charge in [0.2, 0.25) is 5.82 Å². The molecule has 0 spiro atoms. The average Bonchev–Trinajstić information content (AvgIpc) is 2.60. The lowest BCUT2D eigenvalue weighted by Crippen LogP contribution is -2.35. The third-order valence-electron chi connectivity index (χ3n) is 4.05. The molecule has 1 aromatic carbocycles. The maximum absolute atomic E-state index is 11.2. The molecular weight excluding hydrogens is 314 g/mol. The van der Waals surface area contributed by atoms with Gasteiger partial charge in [0, 0.05) is 29.9 Å². The number of aliphatic hydroxyl groups is 1. The Hall–Kier alpha value is -2.87. The highest BCUT2D eigenvalue weighted by Crippen LogP contribution is 2.41. The molecule has 0 amide bonds. The van der Waals surface area contributed by atoms with Gasteiger partial charge in [-0.2, -0.15) is 0 Å². The van der Waals surface area contributed by atoms with E-state index in [1.165, 1.54) is 32.5 Å². The minimum atomic E-state index is -0.875. The number of ether oxygens (including phenoxy) is 2. The average molecular weight is 331 g/mol. The standard InChI is InChI=1S/C16H17N3O5/c1-23-13-5-6-14(24-2)15-10(13)8-18(9-12(15)20)16-11(19(21)22)4-3-7-17-16/h3-7,12,20H,8-9H2,1-2H3/t12-/m0/s1. The van der Waals surface area contributed by atoms with E-state index in [0.29, 0.717) is 23.6 Å². The van der Waals surface area contributed by atoms with E-state index in [2.05, 4.69) is 4.98 Å². The van der Waals surface area contributed by atoms with Crippen LogP contribution in [-0.2, 0) is 6.54 Å². The zero-order valence-corrected chi connectivity index (χ0v) is 13.3. The Kier molecular flexibility index (Phi) is 4.22. The molecular formula is C16H17N3O5. The first-order valence-corrected chi connectivity index (χ1v) is 7.33. The number of benzene rings is 1. The van der Waals surface area contributed by atoms with Gasteiger partial charge in [-0.15, -0.1) is 0 Å². The molecule has 2 heterocycles. The van der Waals surface area contributed by atoms with Crippen LogP contribution in [0.2, 0.25) is 0 Å². The lowest BCUT2D eigenvalue weighted by atomic mass is 9.95. The molecule has 0 fully saturated rings. The summed E-state index contributed by atoms with van der Waals surface area (Å²) in [5, 5.41) is 21.8. The normalized spacial score (nSPS) is 16.5. The highest BCUT2D eigenvalue weighted by atomic mass is 16.6. The maximum atomic E-state index is 11.2. The summed E-state index contributed by atoms with van der Waals surface area (Å²) in [6.45, 7) is 0.499. The molecule has 1 aliphatic heterocycles. The summed E-state index contributed by atoms with van der Waals surface area (Å²) in [7, 11) is 3.07. The number of pyridine rings is 1. The zero-order chi connectivity index (χ0) is 17.3. The topological polar surface area (TPSA) is 98.0 Å². The zero-order valence-electron chi connectivity index (χ0n) is 13.3. The number of nitro groups is 1. The first-order chi connectivity index (χ1) is 11.6. The Balaban J connectivity index is 2.08. The predicted molar refractivity (Wildman–Crippen MR) is 86.4 cm³/mol. The molecule has 24 heavy (non-hydrogen) atoms. The number of nitrogens with zero attached hydrogens (tertiary/aromatic N) is 3. The predicted octanol–water partition coefficient (Wildman–Crippen LogP) is 2.06. The lowest BCUT2D eigenvalue weighted by Gasteiger charge is -2.34. The van der Waals surface area contributed by atoms with Crippen molar-refractivity contribution >= 4 is 11.5 Å². The highest BCUT2D eigenvalue weighted by molar-refractivity contribution is 5.61. The van der Waals surface area contributed by atoms with Gasteiger partial charge in [0.15, 0.2) is 0 Å². The Labute approximate surface area is 138 Å². The van der Waals surface area contributed by atoms with E-state index in [1.807, 2.05) is 0 Å². The van der Waals surface area contributed by atoms with Crippen LogP contribution in [0.4, 0.5) is 11.5 Å². The molecule has 126 valence electrons. The van der Waals surface area contributed by atoms with Crippen LogP contribution in [0.1, 0.15) is 17.2 Å². The largest absolute Gasteiger partial charge is 0.496 e. The first kappa shape index (κ1) is 16.0. The van der Waals surface area contributed by atoms with Crippen molar-refractivity contribution in [3.05, 3.63) is 51.7 Å². The van der Waals surface area contributed by atoms with E-state index in [1.54, 1.807) is 17.0 Å². The van der Waals surface area contributed by atoms with Crippen molar-refractivity contribution < 1.29 is 19.5 Å². The summed E-state index contributed by atoms with van der Waals surface area (Å²) in [6.07, 6.45) is 0.618. The van der Waals surface area contributed by atoms with Crippen LogP contribution in [0.3, 0.4) is 0 Å². The molecule has 8 heteroatoms. The fourth-order valence-corrected chi connectivity index (χ4v) is 3.01. The number of methoxy groups -OCH3 is 2. The van der Waals surface area contributed by atoms with Crippen molar-refractivity contribution in [3.8, 4) is 11.5 Å². The summed E-state index contributed by atoms with van der Waals surface area (Å²) in [6, 6.07) is 6.40. The highest BCUT2D eigenvalue weighted by Gasteiger charge is 2.32. The molecule has 2 aromatic rings. The fraction of sp³-hybridized carbons (Fsp3) is 0.312. The third-order valence-corrected chi connectivity index (χ3v) is 4.05. The molecule has 1 aliphatic rings. The maximum Gasteiger partial charge on any atom is 0.311 e. The number of fused-ring (bicyclic) bond motifs is 1. The van der Waals surface area contributed by atoms with Crippen LogP contribution in [0.15, 0.2) is 30.5 Å². The number of β-amino-alcohol motifs (C(OH)–C–C–N with tert-alkyl or cyclic N) is 1. The molecule has 0 aliphatic carbocycles. The second-order valence-electron chi connectivity index (χ2n) is 5.36. The Bertz CT molecular complexity index is 780. The molecule has 1 atom stereocenters.